The van der Waals surface area contributed by atoms with Gasteiger partial charge in [0.25, 0.3) is 0 Å². The Labute approximate surface area is 103 Å². The van der Waals surface area contributed by atoms with E-state index in [0.717, 1.165) is 24.2 Å². The normalized spacial score (nSPS) is 14.2. The fourth-order valence-corrected chi connectivity index (χ4v) is 2.11. The zero-order valence-corrected chi connectivity index (χ0v) is 9.64. The smallest absolute Gasteiger partial charge is 0.353 e. The van der Waals surface area contributed by atoms with Gasteiger partial charge in [0.2, 0.25) is 0 Å². The molecule has 2 N–H and O–H groups in total. The van der Waals surface area contributed by atoms with Gasteiger partial charge in [-0.05, 0) is 29.7 Å². The Morgan fingerprint density at radius 3 is 3.00 bits per heavy atom. The second kappa shape index (κ2) is 4.27. The molecule has 3 rings (SSSR count). The molecule has 0 amide bonds. The molecule has 1 aromatic heterocycles. The Balaban J connectivity index is 1.98. The Morgan fingerprint density at radius 2 is 2.22 bits per heavy atom. The summed E-state index contributed by atoms with van der Waals surface area (Å²) < 4.78 is 5.41. The highest BCUT2D eigenvalue weighted by atomic mass is 16.5. The van der Waals surface area contributed by atoms with Crippen LogP contribution in [0.2, 0.25) is 0 Å². The highest BCUT2D eigenvalue weighted by Crippen LogP contribution is 2.24. The van der Waals surface area contributed by atoms with Gasteiger partial charge in [0.1, 0.15) is 5.69 Å². The van der Waals surface area contributed by atoms with Gasteiger partial charge in [0.15, 0.2) is 0 Å². The number of hydrogen-bond donors (Lipinski definition) is 2. The van der Waals surface area contributed by atoms with Gasteiger partial charge in [-0.1, -0.05) is 12.1 Å². The summed E-state index contributed by atoms with van der Waals surface area (Å²) in [5.41, 5.74) is 4.08. The molecule has 0 aliphatic carbocycles. The molecule has 2 aromatic rings. The fraction of sp³-hybridized carbons (Fsp3) is 0.231. The van der Waals surface area contributed by atoms with Gasteiger partial charge < -0.3 is 9.84 Å². The van der Waals surface area contributed by atoms with Crippen molar-refractivity contribution >= 4 is 5.97 Å². The van der Waals surface area contributed by atoms with Crippen LogP contribution in [-0.2, 0) is 17.8 Å². The number of carbonyl (C=O) groups is 1. The zero-order valence-electron chi connectivity index (χ0n) is 9.64. The second-order valence-electron chi connectivity index (χ2n) is 4.26. The Bertz CT molecular complexity index is 604. The number of aromatic nitrogens is 2. The van der Waals surface area contributed by atoms with Crippen molar-refractivity contribution in [3.05, 3.63) is 41.1 Å². The van der Waals surface area contributed by atoms with E-state index < -0.39 is 5.97 Å². The quantitative estimate of drug-likeness (QED) is 0.845. The molecule has 92 valence electrons. The van der Waals surface area contributed by atoms with E-state index in [1.54, 1.807) is 0 Å². The van der Waals surface area contributed by atoms with E-state index in [1.165, 1.54) is 11.6 Å². The van der Waals surface area contributed by atoms with Gasteiger partial charge in [-0.15, -0.1) is 0 Å². The monoisotopic (exact) mass is 244 g/mol. The molecule has 0 unspecified atom stereocenters. The van der Waals surface area contributed by atoms with Crippen LogP contribution < -0.4 is 0 Å². The third-order valence-electron chi connectivity index (χ3n) is 3.08. The summed E-state index contributed by atoms with van der Waals surface area (Å²) in [6, 6.07) is 7.57. The molecule has 0 radical (unpaired) electrons. The number of carboxylic acids is 1. The number of nitrogens with one attached hydrogen (secondary N) is 1. The lowest BCUT2D eigenvalue weighted by molar-refractivity contribution is 0.0690. The SMILES string of the molecule is O=C(O)c1cc(-c2ccc3c(c2)COCC3)n[nH]1. The van der Waals surface area contributed by atoms with Crippen molar-refractivity contribution in [2.45, 2.75) is 13.0 Å². The van der Waals surface area contributed by atoms with E-state index in [1.807, 2.05) is 12.1 Å². The highest BCUT2D eigenvalue weighted by molar-refractivity contribution is 5.86. The standard InChI is InChI=1S/C13H12N2O3/c16-13(17)12-6-11(14-15-12)9-2-1-8-3-4-18-7-10(8)5-9/h1-2,5-6H,3-4,7H2,(H,14,15)(H,16,17). The van der Waals surface area contributed by atoms with E-state index in [4.69, 9.17) is 9.84 Å². The number of rotatable bonds is 2. The average molecular weight is 244 g/mol. The predicted octanol–water partition coefficient (Wildman–Crippen LogP) is 1.85. The van der Waals surface area contributed by atoms with E-state index in [2.05, 4.69) is 16.3 Å². The number of H-pyrrole nitrogens is 1. The summed E-state index contributed by atoms with van der Waals surface area (Å²) in [6.07, 6.45) is 0.927. The molecule has 5 heteroatoms. The van der Waals surface area contributed by atoms with E-state index in [-0.39, 0.29) is 5.69 Å². The van der Waals surface area contributed by atoms with Crippen molar-refractivity contribution in [2.24, 2.45) is 0 Å². The molecule has 2 heterocycles. The Hall–Kier alpha value is -2.14. The van der Waals surface area contributed by atoms with Gasteiger partial charge in [-0.2, -0.15) is 5.10 Å². The summed E-state index contributed by atoms with van der Waals surface area (Å²) in [6.45, 7) is 1.37. The molecule has 1 aliphatic heterocycles. The third kappa shape index (κ3) is 1.89. The molecule has 0 bridgehead atoms. The first kappa shape index (κ1) is 11.0. The van der Waals surface area contributed by atoms with Crippen LogP contribution in [-0.4, -0.2) is 27.9 Å². The van der Waals surface area contributed by atoms with Crippen LogP contribution in [0.15, 0.2) is 24.3 Å². The number of aromatic carboxylic acids is 1. The van der Waals surface area contributed by atoms with Gasteiger partial charge in [0.05, 0.1) is 18.9 Å². The first-order valence-corrected chi connectivity index (χ1v) is 5.72. The van der Waals surface area contributed by atoms with Crippen molar-refractivity contribution in [1.82, 2.24) is 10.2 Å². The number of hydrogen-bond acceptors (Lipinski definition) is 3. The molecular formula is C13H12N2O3. The Morgan fingerprint density at radius 1 is 1.33 bits per heavy atom. The van der Waals surface area contributed by atoms with E-state index >= 15 is 0 Å². The van der Waals surface area contributed by atoms with Crippen LogP contribution in [0.3, 0.4) is 0 Å². The van der Waals surface area contributed by atoms with Crippen LogP contribution in [0.5, 0.6) is 0 Å². The number of ether oxygens (including phenoxy) is 1. The molecule has 1 aromatic carbocycles. The number of carboxylic acid groups (broad SMARTS) is 1. The molecule has 0 fully saturated rings. The molecule has 0 spiro atoms. The largest absolute Gasteiger partial charge is 0.477 e. The summed E-state index contributed by atoms with van der Waals surface area (Å²) in [7, 11) is 0. The van der Waals surface area contributed by atoms with Crippen LogP contribution >= 0.6 is 0 Å². The topological polar surface area (TPSA) is 75.2 Å². The minimum Gasteiger partial charge on any atom is -0.477 e. The fourth-order valence-electron chi connectivity index (χ4n) is 2.11. The van der Waals surface area contributed by atoms with E-state index in [0.29, 0.717) is 12.3 Å². The van der Waals surface area contributed by atoms with Gasteiger partial charge in [0, 0.05) is 5.56 Å². The first-order chi connectivity index (χ1) is 8.74. The summed E-state index contributed by atoms with van der Waals surface area (Å²) in [4.78, 5) is 10.8. The summed E-state index contributed by atoms with van der Waals surface area (Å²) in [5, 5.41) is 15.4. The molecule has 0 saturated heterocycles. The minimum absolute atomic E-state index is 0.0963. The zero-order chi connectivity index (χ0) is 12.5. The maximum Gasteiger partial charge on any atom is 0.353 e. The lowest BCUT2D eigenvalue weighted by atomic mass is 9.99. The minimum atomic E-state index is -1.00. The van der Waals surface area contributed by atoms with Crippen molar-refractivity contribution in [3.63, 3.8) is 0 Å². The molecule has 18 heavy (non-hydrogen) atoms. The van der Waals surface area contributed by atoms with Crippen molar-refractivity contribution in [2.75, 3.05) is 6.61 Å². The number of fused-ring (bicyclic) bond motifs is 1. The molecule has 0 saturated carbocycles. The maximum atomic E-state index is 10.8. The molecule has 1 aliphatic rings. The predicted molar refractivity (Wildman–Crippen MR) is 64.3 cm³/mol. The molecule has 5 nitrogen and oxygen atoms in total. The van der Waals surface area contributed by atoms with Crippen LogP contribution in [0.25, 0.3) is 11.3 Å². The van der Waals surface area contributed by atoms with E-state index in [9.17, 15) is 4.79 Å². The lowest BCUT2D eigenvalue weighted by Gasteiger charge is -2.16. The van der Waals surface area contributed by atoms with Crippen LogP contribution in [0.4, 0.5) is 0 Å². The third-order valence-corrected chi connectivity index (χ3v) is 3.08. The number of benzene rings is 1. The summed E-state index contributed by atoms with van der Waals surface area (Å²) in [5.74, 6) is -1.00. The van der Waals surface area contributed by atoms with Gasteiger partial charge in [-0.25, -0.2) is 4.79 Å². The number of aromatic amines is 1. The highest BCUT2D eigenvalue weighted by Gasteiger charge is 2.13. The van der Waals surface area contributed by atoms with Gasteiger partial charge in [-0.3, -0.25) is 5.10 Å². The molecular weight excluding hydrogens is 232 g/mol. The number of nitrogens with zero attached hydrogens (tertiary/aromatic N) is 1. The maximum absolute atomic E-state index is 10.8. The van der Waals surface area contributed by atoms with Crippen LogP contribution in [0.1, 0.15) is 21.6 Å². The molecule has 0 atom stereocenters. The van der Waals surface area contributed by atoms with Crippen molar-refractivity contribution in [3.8, 4) is 11.3 Å². The van der Waals surface area contributed by atoms with Gasteiger partial charge >= 0.3 is 5.97 Å². The van der Waals surface area contributed by atoms with Crippen molar-refractivity contribution < 1.29 is 14.6 Å². The van der Waals surface area contributed by atoms with Crippen LogP contribution in [0, 0.1) is 0 Å². The summed E-state index contributed by atoms with van der Waals surface area (Å²) >= 11 is 0. The van der Waals surface area contributed by atoms with Crippen molar-refractivity contribution in [1.29, 1.82) is 0 Å². The first-order valence-electron chi connectivity index (χ1n) is 5.72. The second-order valence-corrected chi connectivity index (χ2v) is 4.26. The average Bonchev–Trinajstić information content (AvgIpc) is 2.88. The Kier molecular flexibility index (Phi) is 2.60. The lowest BCUT2D eigenvalue weighted by Crippen LogP contribution is -2.09.